The van der Waals surface area contributed by atoms with Crippen LogP contribution in [-0.4, -0.2) is 30.9 Å². The minimum Gasteiger partial charge on any atom is -0.467 e. The molecule has 0 radical (unpaired) electrons. The highest BCUT2D eigenvalue weighted by molar-refractivity contribution is 7.99. The van der Waals surface area contributed by atoms with Gasteiger partial charge in [0.05, 0.1) is 23.6 Å². The van der Waals surface area contributed by atoms with Crippen molar-refractivity contribution in [1.29, 1.82) is 0 Å². The zero-order valence-electron chi connectivity index (χ0n) is 20.3. The third-order valence-electron chi connectivity index (χ3n) is 6.88. The second kappa shape index (κ2) is 10.9. The third-order valence-corrected chi connectivity index (χ3v) is 8.37. The van der Waals surface area contributed by atoms with E-state index in [1.807, 2.05) is 44.2 Å². The van der Waals surface area contributed by atoms with Crippen LogP contribution in [0.2, 0.25) is 10.0 Å². The second-order valence-electron chi connectivity index (χ2n) is 9.25. The molecule has 0 atom stereocenters. The molecule has 4 aromatic rings. The fourth-order valence-corrected chi connectivity index (χ4v) is 6.37. The Morgan fingerprint density at radius 3 is 2.64 bits per heavy atom. The second-order valence-corrected chi connectivity index (χ2v) is 11.0. The minimum absolute atomic E-state index is 0.0723. The molecular formula is C27H28Cl2N4O2S. The van der Waals surface area contributed by atoms with Crippen molar-refractivity contribution in [2.45, 2.75) is 63.7 Å². The first-order chi connectivity index (χ1) is 17.4. The van der Waals surface area contributed by atoms with E-state index in [-0.39, 0.29) is 17.6 Å². The number of carbonyl (C=O) groups is 1. The molecule has 0 saturated heterocycles. The average molecular weight is 544 g/mol. The predicted molar refractivity (Wildman–Crippen MR) is 144 cm³/mol. The molecule has 1 saturated carbocycles. The number of rotatable bonds is 8. The van der Waals surface area contributed by atoms with Crippen LogP contribution in [0.15, 0.2) is 52.2 Å². The Hall–Kier alpha value is -2.48. The molecule has 1 aliphatic carbocycles. The normalized spacial score (nSPS) is 14.4. The first kappa shape index (κ1) is 25.2. The summed E-state index contributed by atoms with van der Waals surface area (Å²) in [4.78, 5) is 13.3. The number of nitrogens with zero attached hydrogens (tertiary/aromatic N) is 4. The summed E-state index contributed by atoms with van der Waals surface area (Å²) in [6, 6.07) is 11.5. The highest BCUT2D eigenvalue weighted by atomic mass is 35.5. The highest BCUT2D eigenvalue weighted by Gasteiger charge is 2.26. The molecule has 36 heavy (non-hydrogen) atoms. The molecule has 0 spiro atoms. The number of aromatic nitrogens is 4. The summed E-state index contributed by atoms with van der Waals surface area (Å²) in [6.07, 6.45) is 7.37. The van der Waals surface area contributed by atoms with Crippen LogP contribution in [0.5, 0.6) is 0 Å². The number of aryl methyl sites for hydroxylation is 1. The molecule has 0 amide bonds. The summed E-state index contributed by atoms with van der Waals surface area (Å²) in [7, 11) is 0. The third kappa shape index (κ3) is 5.15. The van der Waals surface area contributed by atoms with Gasteiger partial charge in [-0.05, 0) is 63.1 Å². The zero-order chi connectivity index (χ0) is 25.2. The first-order valence-corrected chi connectivity index (χ1v) is 13.9. The number of thioether (sulfide) groups is 1. The fourth-order valence-electron chi connectivity index (χ4n) is 4.99. The number of hydrogen-bond acceptors (Lipinski definition) is 5. The molecule has 0 unspecified atom stereocenters. The molecule has 5 rings (SSSR count). The maximum Gasteiger partial charge on any atom is 0.192 e. The fraction of sp³-hybridized carbons (Fsp3) is 0.370. The van der Waals surface area contributed by atoms with E-state index in [2.05, 4.69) is 19.3 Å². The van der Waals surface area contributed by atoms with E-state index in [9.17, 15) is 4.79 Å². The SMILES string of the molecule is Cc1cc(C(=O)CSc2nnc(-c3ccc(Cl)cc3Cl)n2C2CCCCC2)c(C)n1Cc1ccco1. The lowest BCUT2D eigenvalue weighted by atomic mass is 9.95. The van der Waals surface area contributed by atoms with E-state index in [1.54, 1.807) is 12.3 Å². The van der Waals surface area contributed by atoms with Gasteiger partial charge in [0.25, 0.3) is 0 Å². The topological polar surface area (TPSA) is 65.8 Å². The van der Waals surface area contributed by atoms with Crippen molar-refractivity contribution in [2.24, 2.45) is 0 Å². The van der Waals surface area contributed by atoms with Crippen molar-refractivity contribution in [3.63, 3.8) is 0 Å². The largest absolute Gasteiger partial charge is 0.467 e. The lowest BCUT2D eigenvalue weighted by Gasteiger charge is -2.25. The monoisotopic (exact) mass is 542 g/mol. The quantitative estimate of drug-likeness (QED) is 0.168. The number of hydrogen-bond donors (Lipinski definition) is 0. The van der Waals surface area contributed by atoms with Gasteiger partial charge in [0, 0.05) is 33.6 Å². The molecule has 6 nitrogen and oxygen atoms in total. The van der Waals surface area contributed by atoms with Gasteiger partial charge in [-0.1, -0.05) is 54.2 Å². The van der Waals surface area contributed by atoms with E-state index in [0.717, 1.165) is 52.1 Å². The number of Topliss-reactive ketones (excluding diaryl/α,β-unsaturated/α-hetero) is 1. The summed E-state index contributed by atoms with van der Waals surface area (Å²) in [5, 5.41) is 10.9. The van der Waals surface area contributed by atoms with Crippen molar-refractivity contribution in [1.82, 2.24) is 19.3 Å². The van der Waals surface area contributed by atoms with E-state index in [1.165, 1.54) is 31.0 Å². The Bertz CT molecular complexity index is 1370. The van der Waals surface area contributed by atoms with Crippen LogP contribution in [0.1, 0.15) is 65.7 Å². The van der Waals surface area contributed by atoms with Crippen molar-refractivity contribution >= 4 is 40.7 Å². The molecule has 1 fully saturated rings. The van der Waals surface area contributed by atoms with Crippen molar-refractivity contribution < 1.29 is 9.21 Å². The molecule has 188 valence electrons. The standard InChI is InChI=1S/C27H28Cl2N4O2S/c1-17-13-23(18(2)32(17)15-21-9-6-12-35-21)25(34)16-36-27-31-30-26(22-11-10-19(28)14-24(22)29)33(27)20-7-4-3-5-8-20/h6,9-14,20H,3-5,7-8,15-16H2,1-2H3. The number of benzene rings is 1. The summed E-state index contributed by atoms with van der Waals surface area (Å²) in [6.45, 7) is 4.60. The number of carbonyl (C=O) groups excluding carboxylic acids is 1. The summed E-state index contributed by atoms with van der Waals surface area (Å²) in [5.41, 5.74) is 3.51. The molecule has 0 aliphatic heterocycles. The average Bonchev–Trinajstić information content (AvgIpc) is 3.60. The molecule has 3 heterocycles. The van der Waals surface area contributed by atoms with E-state index in [4.69, 9.17) is 27.6 Å². The van der Waals surface area contributed by atoms with Gasteiger partial charge in [-0.25, -0.2) is 0 Å². The molecular weight excluding hydrogens is 515 g/mol. The van der Waals surface area contributed by atoms with Gasteiger partial charge in [0.1, 0.15) is 5.76 Å². The van der Waals surface area contributed by atoms with Crippen LogP contribution < -0.4 is 0 Å². The Labute approximate surface area is 225 Å². The van der Waals surface area contributed by atoms with Crippen LogP contribution in [0, 0.1) is 13.8 Å². The van der Waals surface area contributed by atoms with Gasteiger partial charge in [-0.3, -0.25) is 9.36 Å². The molecule has 1 aliphatic rings. The maximum absolute atomic E-state index is 13.3. The maximum atomic E-state index is 13.3. The highest BCUT2D eigenvalue weighted by Crippen LogP contribution is 2.38. The number of furan rings is 1. The van der Waals surface area contributed by atoms with Crippen LogP contribution in [0.4, 0.5) is 0 Å². The van der Waals surface area contributed by atoms with Crippen LogP contribution >= 0.6 is 35.0 Å². The number of ketones is 1. The van der Waals surface area contributed by atoms with Gasteiger partial charge in [-0.15, -0.1) is 10.2 Å². The van der Waals surface area contributed by atoms with Gasteiger partial charge in [-0.2, -0.15) is 0 Å². The smallest absolute Gasteiger partial charge is 0.192 e. The Morgan fingerprint density at radius 2 is 1.92 bits per heavy atom. The number of halogens is 2. The zero-order valence-corrected chi connectivity index (χ0v) is 22.7. The van der Waals surface area contributed by atoms with Crippen LogP contribution in [0.25, 0.3) is 11.4 Å². The summed E-state index contributed by atoms with van der Waals surface area (Å²) >= 11 is 14.1. The molecule has 1 aromatic carbocycles. The lowest BCUT2D eigenvalue weighted by molar-refractivity contribution is 0.102. The van der Waals surface area contributed by atoms with Gasteiger partial charge < -0.3 is 8.98 Å². The van der Waals surface area contributed by atoms with Crippen molar-refractivity contribution in [3.05, 3.63) is 75.4 Å². The van der Waals surface area contributed by atoms with Crippen LogP contribution in [-0.2, 0) is 6.54 Å². The first-order valence-electron chi connectivity index (χ1n) is 12.2. The van der Waals surface area contributed by atoms with E-state index >= 15 is 0 Å². The Kier molecular flexibility index (Phi) is 7.60. The van der Waals surface area contributed by atoms with Gasteiger partial charge in [0.2, 0.25) is 0 Å². The minimum atomic E-state index is 0.0723. The van der Waals surface area contributed by atoms with Crippen molar-refractivity contribution in [3.8, 4) is 11.4 Å². The summed E-state index contributed by atoms with van der Waals surface area (Å²) in [5.74, 6) is 1.95. The van der Waals surface area contributed by atoms with E-state index < -0.39 is 0 Å². The summed E-state index contributed by atoms with van der Waals surface area (Å²) < 4.78 is 9.80. The van der Waals surface area contributed by atoms with Gasteiger partial charge in [0.15, 0.2) is 16.8 Å². The van der Waals surface area contributed by atoms with E-state index in [0.29, 0.717) is 16.6 Å². The molecule has 3 aromatic heterocycles. The Balaban J connectivity index is 1.40. The molecule has 0 bridgehead atoms. The molecule has 0 N–H and O–H groups in total. The van der Waals surface area contributed by atoms with Gasteiger partial charge >= 0.3 is 0 Å². The molecule has 9 heteroatoms. The van der Waals surface area contributed by atoms with Crippen molar-refractivity contribution in [2.75, 3.05) is 5.75 Å². The lowest BCUT2D eigenvalue weighted by Crippen LogP contribution is -2.16. The Morgan fingerprint density at radius 1 is 1.11 bits per heavy atom. The predicted octanol–water partition coefficient (Wildman–Crippen LogP) is 7.79. The van der Waals surface area contributed by atoms with Crippen LogP contribution in [0.3, 0.4) is 0 Å².